The minimum atomic E-state index is -0.387. The maximum Gasteiger partial charge on any atom is 0.204 e. The van der Waals surface area contributed by atoms with Gasteiger partial charge in [0.2, 0.25) is 5.12 Å². The zero-order valence-corrected chi connectivity index (χ0v) is 8.83. The molecular formula is C10H13NO2S. The van der Waals surface area contributed by atoms with Gasteiger partial charge in [-0.05, 0) is 12.5 Å². The fraction of sp³-hybridized carbons (Fsp3) is 0.300. The van der Waals surface area contributed by atoms with E-state index < -0.39 is 0 Å². The van der Waals surface area contributed by atoms with E-state index in [0.717, 1.165) is 5.56 Å². The first-order valence-corrected chi connectivity index (χ1v) is 4.79. The number of thiol groups is 1. The first-order valence-electron chi connectivity index (χ1n) is 4.34. The van der Waals surface area contributed by atoms with Gasteiger partial charge in [0.15, 0.2) is 0 Å². The third-order valence-corrected chi connectivity index (χ3v) is 2.10. The molecule has 0 amide bonds. The van der Waals surface area contributed by atoms with Crippen LogP contribution in [-0.2, 0) is 16.2 Å². The molecule has 0 aliphatic rings. The molecule has 0 aromatic heterocycles. The number of nitrogens with one attached hydrogen (secondary N) is 1. The monoisotopic (exact) mass is 211 g/mol. The molecule has 76 valence electrons. The lowest BCUT2D eigenvalue weighted by molar-refractivity contribution is -0.116. The van der Waals surface area contributed by atoms with E-state index >= 15 is 0 Å². The van der Waals surface area contributed by atoms with Crippen LogP contribution in [0.1, 0.15) is 12.5 Å². The van der Waals surface area contributed by atoms with Crippen LogP contribution in [0.5, 0.6) is 0 Å². The summed E-state index contributed by atoms with van der Waals surface area (Å²) in [5.41, 5.74) is 3.66. The van der Waals surface area contributed by atoms with Crippen molar-refractivity contribution in [2.45, 2.75) is 19.6 Å². The summed E-state index contributed by atoms with van der Waals surface area (Å²) in [4.78, 5) is 15.8. The number of benzene rings is 1. The SMILES string of the molecule is C[C@@H](NOCc1ccccc1)C(=O)S. The summed E-state index contributed by atoms with van der Waals surface area (Å²) in [6, 6.07) is 9.33. The van der Waals surface area contributed by atoms with Crippen LogP contribution in [0.2, 0.25) is 0 Å². The lowest BCUT2D eigenvalue weighted by Crippen LogP contribution is -2.31. The molecule has 0 saturated carbocycles. The fourth-order valence-corrected chi connectivity index (χ4v) is 0.927. The molecule has 1 aromatic carbocycles. The molecular weight excluding hydrogens is 198 g/mol. The second-order valence-electron chi connectivity index (χ2n) is 2.95. The van der Waals surface area contributed by atoms with Crippen LogP contribution in [0, 0.1) is 0 Å². The zero-order valence-electron chi connectivity index (χ0n) is 7.93. The van der Waals surface area contributed by atoms with Crippen LogP contribution in [0.3, 0.4) is 0 Å². The molecule has 0 spiro atoms. The Morgan fingerprint density at radius 2 is 2.14 bits per heavy atom. The number of hydrogen-bond acceptors (Lipinski definition) is 3. The molecule has 0 aliphatic carbocycles. The van der Waals surface area contributed by atoms with E-state index in [2.05, 4.69) is 18.1 Å². The largest absolute Gasteiger partial charge is 0.296 e. The smallest absolute Gasteiger partial charge is 0.204 e. The molecule has 0 saturated heterocycles. The number of hydrogen-bond donors (Lipinski definition) is 2. The van der Waals surface area contributed by atoms with Gasteiger partial charge in [0.25, 0.3) is 0 Å². The molecule has 4 heteroatoms. The van der Waals surface area contributed by atoms with Crippen LogP contribution in [-0.4, -0.2) is 11.2 Å². The molecule has 3 nitrogen and oxygen atoms in total. The van der Waals surface area contributed by atoms with Crippen LogP contribution in [0.4, 0.5) is 0 Å². The van der Waals surface area contributed by atoms with Crippen molar-refractivity contribution in [2.75, 3.05) is 0 Å². The van der Waals surface area contributed by atoms with Crippen molar-refractivity contribution in [3.8, 4) is 0 Å². The van der Waals surface area contributed by atoms with Crippen LogP contribution in [0.15, 0.2) is 30.3 Å². The summed E-state index contributed by atoms with van der Waals surface area (Å²) in [5, 5.41) is -0.238. The van der Waals surface area contributed by atoms with E-state index in [9.17, 15) is 4.79 Å². The van der Waals surface area contributed by atoms with Gasteiger partial charge in [-0.2, -0.15) is 5.48 Å². The first kappa shape index (κ1) is 11.2. The van der Waals surface area contributed by atoms with Crippen molar-refractivity contribution in [1.29, 1.82) is 0 Å². The molecule has 1 rings (SSSR count). The highest BCUT2D eigenvalue weighted by atomic mass is 32.1. The molecule has 0 bridgehead atoms. The molecule has 1 aromatic rings. The van der Waals surface area contributed by atoms with Crippen molar-refractivity contribution in [2.24, 2.45) is 0 Å². The van der Waals surface area contributed by atoms with Gasteiger partial charge in [0.05, 0.1) is 12.6 Å². The Morgan fingerprint density at radius 1 is 1.50 bits per heavy atom. The van der Waals surface area contributed by atoms with Gasteiger partial charge < -0.3 is 0 Å². The molecule has 0 aliphatic heterocycles. The maximum absolute atomic E-state index is 10.7. The van der Waals surface area contributed by atoms with Crippen molar-refractivity contribution in [3.05, 3.63) is 35.9 Å². The highest BCUT2D eigenvalue weighted by Crippen LogP contribution is 1.99. The lowest BCUT2D eigenvalue weighted by Gasteiger charge is -2.09. The molecule has 1 N–H and O–H groups in total. The van der Waals surface area contributed by atoms with Gasteiger partial charge in [0, 0.05) is 0 Å². The Morgan fingerprint density at radius 3 is 2.71 bits per heavy atom. The van der Waals surface area contributed by atoms with Gasteiger partial charge in [-0.3, -0.25) is 9.63 Å². The number of carbonyl (C=O) groups excluding carboxylic acids is 1. The highest BCUT2D eigenvalue weighted by molar-refractivity contribution is 7.96. The molecule has 0 radical (unpaired) electrons. The van der Waals surface area contributed by atoms with E-state index in [4.69, 9.17) is 4.84 Å². The van der Waals surface area contributed by atoms with Gasteiger partial charge in [-0.1, -0.05) is 30.3 Å². The summed E-state index contributed by atoms with van der Waals surface area (Å²) in [6.45, 7) is 2.13. The van der Waals surface area contributed by atoms with E-state index in [1.807, 2.05) is 30.3 Å². The standard InChI is InChI=1S/C10H13NO2S/c1-8(10(12)14)11-13-7-9-5-3-2-4-6-9/h2-6,8,11H,7H2,1H3,(H,12,14)/t8-/m1/s1. The topological polar surface area (TPSA) is 38.3 Å². The van der Waals surface area contributed by atoms with E-state index in [-0.39, 0.29) is 11.2 Å². The summed E-state index contributed by atoms with van der Waals surface area (Å²) in [6.07, 6.45) is 0. The summed E-state index contributed by atoms with van der Waals surface area (Å²) < 4.78 is 0. The van der Waals surface area contributed by atoms with Crippen molar-refractivity contribution < 1.29 is 9.63 Å². The minimum absolute atomic E-state index is 0.238. The molecule has 0 fully saturated rings. The summed E-state index contributed by atoms with van der Waals surface area (Å²) in [7, 11) is 0. The third-order valence-electron chi connectivity index (χ3n) is 1.71. The normalized spacial score (nSPS) is 12.4. The zero-order chi connectivity index (χ0) is 10.4. The molecule has 0 heterocycles. The third kappa shape index (κ3) is 3.91. The van der Waals surface area contributed by atoms with Crippen molar-refractivity contribution >= 4 is 17.7 Å². The average Bonchev–Trinajstić information content (AvgIpc) is 2.19. The molecule has 0 unspecified atom stereocenters. The summed E-state index contributed by atoms with van der Waals surface area (Å²) in [5.74, 6) is 0. The summed E-state index contributed by atoms with van der Waals surface area (Å²) >= 11 is 3.67. The number of hydroxylamine groups is 1. The van der Waals surface area contributed by atoms with Crippen LogP contribution < -0.4 is 5.48 Å². The Hall–Kier alpha value is -0.840. The predicted octanol–water partition coefficient (Wildman–Crippen LogP) is 1.55. The lowest BCUT2D eigenvalue weighted by atomic mass is 10.2. The van der Waals surface area contributed by atoms with Crippen LogP contribution >= 0.6 is 12.6 Å². The number of carbonyl (C=O) groups is 1. The fourth-order valence-electron chi connectivity index (χ4n) is 0.875. The highest BCUT2D eigenvalue weighted by Gasteiger charge is 2.06. The van der Waals surface area contributed by atoms with Crippen LogP contribution in [0.25, 0.3) is 0 Å². The predicted molar refractivity (Wildman–Crippen MR) is 57.8 cm³/mol. The maximum atomic E-state index is 10.7. The Labute approximate surface area is 88.8 Å². The second kappa shape index (κ2) is 5.80. The van der Waals surface area contributed by atoms with E-state index in [1.54, 1.807) is 6.92 Å². The van der Waals surface area contributed by atoms with E-state index in [1.165, 1.54) is 0 Å². The second-order valence-corrected chi connectivity index (χ2v) is 3.39. The van der Waals surface area contributed by atoms with E-state index in [0.29, 0.717) is 6.61 Å². The first-order chi connectivity index (χ1) is 6.70. The molecule has 14 heavy (non-hydrogen) atoms. The van der Waals surface area contributed by atoms with Gasteiger partial charge >= 0.3 is 0 Å². The Kier molecular flexibility index (Phi) is 4.65. The Balaban J connectivity index is 2.26. The van der Waals surface area contributed by atoms with Gasteiger partial charge in [-0.25, -0.2) is 0 Å². The molecule has 1 atom stereocenters. The van der Waals surface area contributed by atoms with Crippen molar-refractivity contribution in [1.82, 2.24) is 5.48 Å². The quantitative estimate of drug-likeness (QED) is 0.573. The Bertz CT molecular complexity index is 289. The van der Waals surface area contributed by atoms with Gasteiger partial charge in [0.1, 0.15) is 0 Å². The minimum Gasteiger partial charge on any atom is -0.296 e. The number of rotatable bonds is 5. The average molecular weight is 211 g/mol. The van der Waals surface area contributed by atoms with Crippen molar-refractivity contribution in [3.63, 3.8) is 0 Å². The van der Waals surface area contributed by atoms with Gasteiger partial charge in [-0.15, -0.1) is 12.6 Å².